The number of carbonyl (C=O) groups excluding carboxylic acids is 1. The third-order valence-corrected chi connectivity index (χ3v) is 2.99. The largest absolute Gasteiger partial charge is 0.481 e. The summed E-state index contributed by atoms with van der Waals surface area (Å²) in [6.07, 6.45) is -0.858. The third-order valence-electron chi connectivity index (χ3n) is 2.99. The molecule has 140 valence electrons. The SMILES string of the molecule is N[C@@H](CO)c1noc([C@H](CC(=O)O)NC(=O)N[C@@H](CCO)C(=O)O)n1. The molecule has 8 N–H and O–H groups in total. The van der Waals surface area contributed by atoms with Crippen molar-refractivity contribution in [2.45, 2.75) is 31.0 Å². The predicted octanol–water partition coefficient (Wildman–Crippen LogP) is -2.29. The van der Waals surface area contributed by atoms with Crippen LogP contribution in [0, 0.1) is 0 Å². The summed E-state index contributed by atoms with van der Waals surface area (Å²) < 4.78 is 4.84. The van der Waals surface area contributed by atoms with Crippen molar-refractivity contribution in [3.8, 4) is 0 Å². The minimum Gasteiger partial charge on any atom is -0.481 e. The molecule has 0 saturated carbocycles. The van der Waals surface area contributed by atoms with E-state index in [0.717, 1.165) is 0 Å². The van der Waals surface area contributed by atoms with Gasteiger partial charge in [0.05, 0.1) is 19.1 Å². The number of aliphatic hydroxyl groups excluding tert-OH is 2. The van der Waals surface area contributed by atoms with Crippen LogP contribution in [0.1, 0.15) is 36.6 Å². The molecule has 2 amide bonds. The highest BCUT2D eigenvalue weighted by Crippen LogP contribution is 2.16. The zero-order chi connectivity index (χ0) is 19.0. The summed E-state index contributed by atoms with van der Waals surface area (Å²) in [5.41, 5.74) is 5.50. The van der Waals surface area contributed by atoms with Crippen LogP contribution in [0.15, 0.2) is 4.52 Å². The molecule has 3 atom stereocenters. The second-order valence-electron chi connectivity index (χ2n) is 4.95. The molecule has 0 aliphatic carbocycles. The van der Waals surface area contributed by atoms with Crippen LogP contribution >= 0.6 is 0 Å². The lowest BCUT2D eigenvalue weighted by molar-refractivity contribution is -0.140. The van der Waals surface area contributed by atoms with Crippen LogP contribution in [-0.2, 0) is 9.59 Å². The molecule has 0 saturated heterocycles. The molecular formula is C12H19N5O8. The Bertz CT molecular complexity index is 606. The number of carboxylic acid groups (broad SMARTS) is 2. The number of aromatic nitrogens is 2. The molecule has 0 aliphatic rings. The lowest BCUT2D eigenvalue weighted by Crippen LogP contribution is -2.47. The van der Waals surface area contributed by atoms with Crippen LogP contribution in [0.2, 0.25) is 0 Å². The van der Waals surface area contributed by atoms with Gasteiger partial charge >= 0.3 is 18.0 Å². The first-order valence-corrected chi connectivity index (χ1v) is 7.10. The lowest BCUT2D eigenvalue weighted by Gasteiger charge is -2.17. The molecule has 0 unspecified atom stereocenters. The van der Waals surface area contributed by atoms with Gasteiger partial charge in [-0.05, 0) is 0 Å². The number of urea groups is 1. The Balaban J connectivity index is 2.85. The van der Waals surface area contributed by atoms with Crippen LogP contribution in [0.25, 0.3) is 0 Å². The zero-order valence-corrected chi connectivity index (χ0v) is 13.0. The van der Waals surface area contributed by atoms with E-state index in [4.69, 9.17) is 30.7 Å². The van der Waals surface area contributed by atoms with Crippen LogP contribution in [0.3, 0.4) is 0 Å². The average Bonchev–Trinajstić information content (AvgIpc) is 3.02. The van der Waals surface area contributed by atoms with E-state index in [0.29, 0.717) is 0 Å². The van der Waals surface area contributed by atoms with E-state index in [1.54, 1.807) is 0 Å². The Kier molecular flexibility index (Phi) is 7.71. The average molecular weight is 361 g/mol. The Labute approximate surface area is 140 Å². The van der Waals surface area contributed by atoms with Gasteiger partial charge in [-0.25, -0.2) is 9.59 Å². The number of aliphatic hydroxyl groups is 2. The summed E-state index contributed by atoms with van der Waals surface area (Å²) in [4.78, 5) is 37.6. The van der Waals surface area contributed by atoms with E-state index in [2.05, 4.69) is 20.8 Å². The molecule has 0 aromatic carbocycles. The number of amides is 2. The number of nitrogens with two attached hydrogens (primary N) is 1. The van der Waals surface area contributed by atoms with Gasteiger partial charge < -0.3 is 41.3 Å². The molecule has 25 heavy (non-hydrogen) atoms. The molecule has 0 fully saturated rings. The van der Waals surface area contributed by atoms with E-state index in [1.807, 2.05) is 0 Å². The summed E-state index contributed by atoms with van der Waals surface area (Å²) in [5, 5.41) is 43.3. The molecule has 1 rings (SSSR count). The number of rotatable bonds is 10. The molecular weight excluding hydrogens is 342 g/mol. The molecule has 13 nitrogen and oxygen atoms in total. The second-order valence-corrected chi connectivity index (χ2v) is 4.95. The highest BCUT2D eigenvalue weighted by Gasteiger charge is 2.27. The van der Waals surface area contributed by atoms with Gasteiger partial charge in [0.1, 0.15) is 12.1 Å². The van der Waals surface area contributed by atoms with Crippen LogP contribution in [0.5, 0.6) is 0 Å². The Hall–Kier alpha value is -2.77. The molecule has 1 aromatic heterocycles. The first kappa shape index (κ1) is 20.3. The van der Waals surface area contributed by atoms with E-state index >= 15 is 0 Å². The Morgan fingerprint density at radius 1 is 1.20 bits per heavy atom. The molecule has 0 spiro atoms. The standard InChI is InChI=1S/C12H19N5O8/c13-5(4-19)9-16-10(25-17-9)7(3-8(20)21)15-12(24)14-6(1-2-18)11(22)23/h5-7,18-19H,1-4,13H2,(H,20,21)(H,22,23)(H2,14,15,24)/t5-,6-,7-/m0/s1. The molecule has 0 bridgehead atoms. The van der Waals surface area contributed by atoms with Gasteiger partial charge in [-0.15, -0.1) is 0 Å². The summed E-state index contributed by atoms with van der Waals surface area (Å²) in [7, 11) is 0. The maximum atomic E-state index is 11.9. The topological polar surface area (TPSA) is 221 Å². The monoisotopic (exact) mass is 361 g/mol. The van der Waals surface area contributed by atoms with Crippen LogP contribution in [-0.4, -0.2) is 67.8 Å². The summed E-state index contributed by atoms with van der Waals surface area (Å²) in [6.45, 7) is -0.945. The van der Waals surface area contributed by atoms with Crippen LogP contribution < -0.4 is 16.4 Å². The van der Waals surface area contributed by atoms with Crippen molar-refractivity contribution in [1.29, 1.82) is 0 Å². The molecule has 13 heteroatoms. The van der Waals surface area contributed by atoms with E-state index < -0.39 is 55.7 Å². The fourth-order valence-electron chi connectivity index (χ4n) is 1.74. The first-order chi connectivity index (χ1) is 11.8. The number of hydrogen-bond acceptors (Lipinski definition) is 9. The van der Waals surface area contributed by atoms with E-state index in [9.17, 15) is 14.4 Å². The van der Waals surface area contributed by atoms with Gasteiger partial charge in [0.15, 0.2) is 5.82 Å². The molecule has 1 aromatic rings. The molecule has 1 heterocycles. The van der Waals surface area contributed by atoms with Gasteiger partial charge in [0, 0.05) is 13.0 Å². The Morgan fingerprint density at radius 3 is 2.40 bits per heavy atom. The van der Waals surface area contributed by atoms with Crippen molar-refractivity contribution in [3.05, 3.63) is 11.7 Å². The number of carboxylic acids is 2. The number of carbonyl (C=O) groups is 3. The van der Waals surface area contributed by atoms with Crippen LogP contribution in [0.4, 0.5) is 4.79 Å². The first-order valence-electron chi connectivity index (χ1n) is 7.10. The van der Waals surface area contributed by atoms with Gasteiger partial charge in [-0.3, -0.25) is 4.79 Å². The van der Waals surface area contributed by atoms with Crippen molar-refractivity contribution < 1.29 is 39.3 Å². The Morgan fingerprint density at radius 2 is 1.88 bits per heavy atom. The van der Waals surface area contributed by atoms with Gasteiger partial charge in [0.25, 0.3) is 0 Å². The smallest absolute Gasteiger partial charge is 0.326 e. The van der Waals surface area contributed by atoms with Crippen molar-refractivity contribution in [2.75, 3.05) is 13.2 Å². The summed E-state index contributed by atoms with van der Waals surface area (Å²) in [5.74, 6) is -3.01. The second kappa shape index (κ2) is 9.51. The summed E-state index contributed by atoms with van der Waals surface area (Å²) in [6, 6.07) is -4.57. The van der Waals surface area contributed by atoms with Crippen molar-refractivity contribution >= 4 is 18.0 Å². The predicted molar refractivity (Wildman–Crippen MR) is 78.1 cm³/mol. The minimum absolute atomic E-state index is 0.0845. The van der Waals surface area contributed by atoms with E-state index in [-0.39, 0.29) is 18.1 Å². The van der Waals surface area contributed by atoms with Crippen molar-refractivity contribution in [2.24, 2.45) is 5.73 Å². The maximum absolute atomic E-state index is 11.9. The normalized spacial score (nSPS) is 14.4. The van der Waals surface area contributed by atoms with Crippen molar-refractivity contribution in [3.63, 3.8) is 0 Å². The highest BCUT2D eigenvalue weighted by molar-refractivity contribution is 5.83. The number of nitrogens with one attached hydrogen (secondary N) is 2. The van der Waals surface area contributed by atoms with E-state index in [1.165, 1.54) is 0 Å². The summed E-state index contributed by atoms with van der Waals surface area (Å²) >= 11 is 0. The van der Waals surface area contributed by atoms with Gasteiger partial charge in [0.2, 0.25) is 5.89 Å². The third kappa shape index (κ3) is 6.33. The molecule has 0 radical (unpaired) electrons. The molecule has 0 aliphatic heterocycles. The quantitative estimate of drug-likeness (QED) is 0.235. The fourth-order valence-corrected chi connectivity index (χ4v) is 1.74. The number of aliphatic carboxylic acids is 2. The lowest BCUT2D eigenvalue weighted by atomic mass is 10.2. The van der Waals surface area contributed by atoms with Crippen molar-refractivity contribution in [1.82, 2.24) is 20.8 Å². The number of nitrogens with zero attached hydrogens (tertiary/aromatic N) is 2. The fraction of sp³-hybridized carbons (Fsp3) is 0.583. The van der Waals surface area contributed by atoms with Gasteiger partial charge in [-0.2, -0.15) is 4.98 Å². The highest BCUT2D eigenvalue weighted by atomic mass is 16.5. The maximum Gasteiger partial charge on any atom is 0.326 e. The van der Waals surface area contributed by atoms with Gasteiger partial charge in [-0.1, -0.05) is 5.16 Å². The zero-order valence-electron chi connectivity index (χ0n) is 13.0. The number of hydrogen-bond donors (Lipinski definition) is 7. The minimum atomic E-state index is -1.37.